The summed E-state index contributed by atoms with van der Waals surface area (Å²) in [5.41, 5.74) is -0.248. The van der Waals surface area contributed by atoms with Crippen LogP contribution in [-0.2, 0) is 82.2 Å². The van der Waals surface area contributed by atoms with Crippen molar-refractivity contribution in [2.45, 2.75) is 368 Å². The number of likely N-dealkylation sites (N-methyl/N-ethyl adjacent to an activating group) is 1. The molecule has 5 rings (SSSR count). The van der Waals surface area contributed by atoms with Crippen molar-refractivity contribution in [3.63, 3.8) is 0 Å². The van der Waals surface area contributed by atoms with Gasteiger partial charge in [-0.1, -0.05) is 211 Å². The van der Waals surface area contributed by atoms with E-state index in [1.807, 2.05) is 7.05 Å². The van der Waals surface area contributed by atoms with Gasteiger partial charge in [0.2, 0.25) is 0 Å². The van der Waals surface area contributed by atoms with E-state index in [4.69, 9.17) is 28.4 Å². The lowest BCUT2D eigenvalue weighted by Crippen LogP contribution is -2.44. The van der Waals surface area contributed by atoms with E-state index in [-0.39, 0.29) is 76.0 Å². The van der Waals surface area contributed by atoms with Crippen LogP contribution in [-0.4, -0.2) is 145 Å². The first-order valence-electron chi connectivity index (χ1n) is 38.6. The number of aliphatic hydroxyl groups excluding tert-OH is 1. The first kappa shape index (κ1) is 83.0. The number of hydrogen-bond donors (Lipinski definition) is 1. The molecule has 5 heterocycles. The van der Waals surface area contributed by atoms with Crippen molar-refractivity contribution in [2.75, 3.05) is 26.7 Å². The first-order chi connectivity index (χ1) is 47.8. The average molecular weight is 1380 g/mol. The Bertz CT molecular complexity index is 2860. The highest BCUT2D eigenvalue weighted by Crippen LogP contribution is 2.35. The summed E-state index contributed by atoms with van der Waals surface area (Å²) in [7, 11) is 1.93. The summed E-state index contributed by atoms with van der Waals surface area (Å²) in [5, 5.41) is 35.6. The van der Waals surface area contributed by atoms with Gasteiger partial charge in [0, 0.05) is 25.4 Å². The molecule has 0 radical (unpaired) electrons. The van der Waals surface area contributed by atoms with Crippen molar-refractivity contribution in [3.8, 4) is 0 Å². The molecule has 1 aliphatic heterocycles. The van der Waals surface area contributed by atoms with Crippen LogP contribution in [0.5, 0.6) is 0 Å². The Morgan fingerprint density at radius 3 is 1.24 bits per heavy atom. The minimum atomic E-state index is -1.19. The number of aromatic nitrogens is 11. The zero-order chi connectivity index (χ0) is 70.4. The number of esters is 3. The predicted molar refractivity (Wildman–Crippen MR) is 379 cm³/mol. The molecule has 0 amide bonds. The number of rotatable bonds is 60. The maximum absolute atomic E-state index is 15.0. The molecule has 0 bridgehead atoms. The van der Waals surface area contributed by atoms with Gasteiger partial charge in [-0.05, 0) is 103 Å². The van der Waals surface area contributed by atoms with Gasteiger partial charge in [-0.2, -0.15) is 0 Å². The third-order valence-electron chi connectivity index (χ3n) is 18.6. The molecule has 7 atom stereocenters. The Morgan fingerprint density at radius 2 is 0.847 bits per heavy atom. The van der Waals surface area contributed by atoms with Crippen molar-refractivity contribution in [1.29, 1.82) is 0 Å². The molecule has 0 aliphatic carbocycles. The van der Waals surface area contributed by atoms with E-state index in [9.17, 15) is 29.1 Å². The van der Waals surface area contributed by atoms with Gasteiger partial charge in [-0.15, -0.1) is 15.3 Å². The van der Waals surface area contributed by atoms with Gasteiger partial charge in [-0.3, -0.25) is 28.3 Å². The Kier molecular flexibility index (Phi) is 42.8. The fourth-order valence-electron chi connectivity index (χ4n) is 12.9. The van der Waals surface area contributed by atoms with Crippen LogP contribution < -0.4 is 11.2 Å². The van der Waals surface area contributed by atoms with E-state index >= 15 is 0 Å². The van der Waals surface area contributed by atoms with Gasteiger partial charge >= 0.3 is 23.6 Å². The lowest BCUT2D eigenvalue weighted by atomic mass is 10.0. The molecule has 556 valence electrons. The highest BCUT2D eigenvalue weighted by molar-refractivity contribution is 5.70. The van der Waals surface area contributed by atoms with Crippen LogP contribution in [0.25, 0.3) is 0 Å². The van der Waals surface area contributed by atoms with Crippen molar-refractivity contribution in [3.05, 3.63) is 68.8 Å². The molecule has 4 aromatic rings. The molecule has 1 aliphatic rings. The maximum Gasteiger partial charge on any atom is 0.333 e. The minimum Gasteiger partial charge on any atom is -0.461 e. The van der Waals surface area contributed by atoms with E-state index in [1.54, 1.807) is 12.4 Å². The molecular weight excluding hydrogens is 1250 g/mol. The van der Waals surface area contributed by atoms with E-state index in [1.165, 1.54) is 114 Å². The summed E-state index contributed by atoms with van der Waals surface area (Å²) in [6.45, 7) is 13.2. The molecular formula is C74H128N12O12. The number of unbranched alkanes of at least 4 members (excludes halogenated alkanes) is 25. The normalized spacial score (nSPS) is 16.5. The van der Waals surface area contributed by atoms with Crippen LogP contribution in [0.1, 0.15) is 309 Å². The van der Waals surface area contributed by atoms with Gasteiger partial charge in [-0.25, -0.2) is 18.8 Å². The van der Waals surface area contributed by atoms with Crippen LogP contribution in [0.4, 0.5) is 0 Å². The van der Waals surface area contributed by atoms with E-state index in [0.717, 1.165) is 159 Å². The Hall–Kier alpha value is -5.69. The van der Waals surface area contributed by atoms with Crippen LogP contribution in [0.2, 0.25) is 0 Å². The second kappa shape index (κ2) is 50.6. The van der Waals surface area contributed by atoms with Gasteiger partial charge in [0.1, 0.15) is 73.3 Å². The fourth-order valence-corrected chi connectivity index (χ4v) is 12.9. The molecule has 0 spiro atoms. The maximum atomic E-state index is 15.0. The predicted octanol–water partition coefficient (Wildman–Crippen LogP) is 13.5. The van der Waals surface area contributed by atoms with E-state index < -0.39 is 47.7 Å². The summed E-state index contributed by atoms with van der Waals surface area (Å²) >= 11 is 0. The monoisotopic (exact) mass is 1380 g/mol. The average Bonchev–Trinajstić information content (AvgIpc) is 1.60. The van der Waals surface area contributed by atoms with E-state index in [2.05, 4.69) is 77.4 Å². The van der Waals surface area contributed by atoms with Crippen LogP contribution in [0.15, 0.2) is 40.4 Å². The van der Waals surface area contributed by atoms with Crippen molar-refractivity contribution < 1.29 is 47.9 Å². The third-order valence-corrected chi connectivity index (χ3v) is 18.6. The lowest BCUT2D eigenvalue weighted by Gasteiger charge is -2.26. The Morgan fingerprint density at radius 1 is 0.490 bits per heavy atom. The second-order valence-electron chi connectivity index (χ2n) is 27.5. The number of aliphatic hydroxyl groups is 1. The van der Waals surface area contributed by atoms with Crippen molar-refractivity contribution in [2.24, 2.45) is 0 Å². The molecule has 24 heteroatoms. The summed E-state index contributed by atoms with van der Waals surface area (Å²) in [6, 6.07) is 1.28. The van der Waals surface area contributed by atoms with Crippen LogP contribution in [0.3, 0.4) is 0 Å². The number of hydrogen-bond acceptors (Lipinski definition) is 19. The first-order valence-corrected chi connectivity index (χ1v) is 38.6. The Labute approximate surface area is 585 Å². The van der Waals surface area contributed by atoms with Gasteiger partial charge < -0.3 is 38.4 Å². The van der Waals surface area contributed by atoms with Crippen LogP contribution >= 0.6 is 0 Å². The van der Waals surface area contributed by atoms with Gasteiger partial charge in [0.15, 0.2) is 6.23 Å². The zero-order valence-electron chi connectivity index (χ0n) is 61.5. The molecule has 24 nitrogen and oxygen atoms in total. The summed E-state index contributed by atoms with van der Waals surface area (Å²) < 4.78 is 45.4. The largest absolute Gasteiger partial charge is 0.461 e. The molecule has 4 unspecified atom stereocenters. The standard InChI is InChI=1S/C74H128N12O12/c1-8-14-20-26-29-35-43-63(40-32-23-17-11-4)95-68(89)55-82-50-60(75-78-82)53-86-67(88)46-48-85(74(86)92)73-72(94-59-62-52-84(80-77-62)57-70(91)97-65(42-34-25-19-13-6)45-37-31-28-22-16-10-3)71(66(98-73)54-81(7)47-38-39-49-87)93-58-61-51-83(79-76-61)56-69(90)96-64(41-33-24-18-12-5)44-36-30-27-21-15-9-2/h46,48,50-52,63-66,71-73,87H,8-45,47,49,53-59H2,1-7H3/t63?,64?,65?,66?,71-,72-,73-/m1/s1. The zero-order valence-corrected chi connectivity index (χ0v) is 61.5. The van der Waals surface area contributed by atoms with Gasteiger partial charge in [0.05, 0.1) is 38.3 Å². The molecule has 1 N–H and O–H groups in total. The number of carbonyl (C=O) groups is 3. The third kappa shape index (κ3) is 33.2. The minimum absolute atomic E-state index is 0.0416. The highest BCUT2D eigenvalue weighted by atomic mass is 16.6. The number of ether oxygens (including phenoxy) is 6. The smallest absolute Gasteiger partial charge is 0.333 e. The van der Waals surface area contributed by atoms with Crippen molar-refractivity contribution >= 4 is 17.9 Å². The number of carbonyl (C=O) groups excluding carboxylic acids is 3. The molecule has 4 aromatic heterocycles. The quantitative estimate of drug-likeness (QED) is 0.0244. The second-order valence-corrected chi connectivity index (χ2v) is 27.5. The molecule has 1 saturated heterocycles. The molecule has 0 saturated carbocycles. The van der Waals surface area contributed by atoms with Crippen LogP contribution in [0, 0.1) is 0 Å². The molecule has 98 heavy (non-hydrogen) atoms. The molecule has 0 aromatic carbocycles. The Balaban J connectivity index is 1.40. The topological polar surface area (TPSA) is 266 Å². The van der Waals surface area contributed by atoms with Crippen molar-refractivity contribution in [1.82, 2.24) is 59.0 Å². The number of nitrogens with zero attached hydrogens (tertiary/aromatic N) is 12. The summed E-state index contributed by atoms with van der Waals surface area (Å²) in [6.07, 6.45) is 41.8. The summed E-state index contributed by atoms with van der Waals surface area (Å²) in [5.74, 6) is -1.21. The lowest BCUT2D eigenvalue weighted by molar-refractivity contribution is -0.151. The van der Waals surface area contributed by atoms with Gasteiger partial charge in [0.25, 0.3) is 5.56 Å². The fraction of sp³-hybridized carbons (Fsp3) is 0.824. The SMILES string of the molecule is CCCCCCCCC(CCCCCC)OC(=O)Cn1cc(CO[C@@H]2[C@H](OCc3cn(CC(=O)OC(CCCCCC)CCCCCCCC)nn3)C(CN(C)CCCCO)O[C@H]2n2ccc(=O)n(Cc3cn(CC(=O)OC(CCCCCC)CCCCCCCC)nn3)c2=O)nn1. The van der Waals surface area contributed by atoms with E-state index in [0.29, 0.717) is 37.3 Å². The highest BCUT2D eigenvalue weighted by Gasteiger charge is 2.48. The summed E-state index contributed by atoms with van der Waals surface area (Å²) in [4.78, 5) is 71.5. The molecule has 1 fully saturated rings.